The topological polar surface area (TPSA) is 8.17 Å². The van der Waals surface area contributed by atoms with Crippen LogP contribution in [0.1, 0.15) is 48.3 Å². The van der Waals surface area contributed by atoms with E-state index >= 15 is 0 Å². The smallest absolute Gasteiger partial charge is 0.0630 e. The zero-order valence-electron chi connectivity index (χ0n) is 24.7. The van der Waals surface area contributed by atoms with Crippen molar-refractivity contribution in [2.24, 2.45) is 0 Å². The second-order valence-corrected chi connectivity index (χ2v) is 12.3. The van der Waals surface area contributed by atoms with Crippen molar-refractivity contribution in [3.05, 3.63) is 162 Å². The van der Waals surface area contributed by atoms with Crippen LogP contribution in [0.2, 0.25) is 0 Å². The van der Waals surface area contributed by atoms with Crippen molar-refractivity contribution in [3.63, 3.8) is 0 Å². The predicted octanol–water partition coefficient (Wildman–Crippen LogP) is 11.0. The number of nitrogens with zero attached hydrogens (tertiary/aromatic N) is 2. The number of allylic oxidation sites excluding steroid dienone is 10. The Kier molecular flexibility index (Phi) is 5.94. The van der Waals surface area contributed by atoms with E-state index in [2.05, 4.69) is 155 Å². The zero-order chi connectivity index (χ0) is 29.0. The molecule has 44 heavy (non-hydrogen) atoms. The third kappa shape index (κ3) is 4.02. The SMILES string of the molecule is C1=CCCC(c2ccc(N3c4ccccc4C4C=C(c5ccc6c(c5)c5ccccc5n6C5=CC=CCC5)C=CC43)cc2)=C1. The molecule has 4 aliphatic rings. The molecule has 2 heteroatoms. The standard InChI is InChI=1S/C42H34N2/c1-3-11-29(12-4-1)30-19-23-34(24-20-30)44-40-18-10-8-16-36(40)38-28-32(22-26-42(38)44)31-21-25-41-37(27-31)35-15-7-9-17-39(35)43(41)33-13-5-2-6-14-33/h1-3,5,7-11,13,15-28,38,42H,4,6,12,14H2. The third-order valence-corrected chi connectivity index (χ3v) is 9.87. The van der Waals surface area contributed by atoms with Gasteiger partial charge in [0.15, 0.2) is 0 Å². The highest BCUT2D eigenvalue weighted by atomic mass is 15.2. The number of hydrogen-bond acceptors (Lipinski definition) is 1. The molecule has 0 amide bonds. The number of fused-ring (bicyclic) bond motifs is 6. The van der Waals surface area contributed by atoms with E-state index in [1.807, 2.05) is 0 Å². The second kappa shape index (κ2) is 10.3. The van der Waals surface area contributed by atoms with E-state index in [1.165, 1.54) is 66.7 Å². The van der Waals surface area contributed by atoms with Crippen LogP contribution in [0.25, 0.3) is 38.6 Å². The summed E-state index contributed by atoms with van der Waals surface area (Å²) in [5, 5.41) is 2.64. The fourth-order valence-corrected chi connectivity index (χ4v) is 7.76. The summed E-state index contributed by atoms with van der Waals surface area (Å²) in [6.45, 7) is 0. The van der Waals surface area contributed by atoms with Gasteiger partial charge in [0.2, 0.25) is 0 Å². The highest BCUT2D eigenvalue weighted by Crippen LogP contribution is 2.49. The van der Waals surface area contributed by atoms with E-state index in [-0.39, 0.29) is 6.04 Å². The Balaban J connectivity index is 1.10. The average Bonchev–Trinajstić information content (AvgIpc) is 3.61. The molecule has 2 atom stereocenters. The molecule has 212 valence electrons. The largest absolute Gasteiger partial charge is 0.333 e. The number of aromatic nitrogens is 1. The molecule has 0 bridgehead atoms. The molecule has 0 radical (unpaired) electrons. The van der Waals surface area contributed by atoms with Gasteiger partial charge in [-0.3, -0.25) is 0 Å². The molecule has 1 aromatic heterocycles. The molecule has 5 aromatic rings. The number of benzene rings is 4. The summed E-state index contributed by atoms with van der Waals surface area (Å²) in [5.41, 5.74) is 13.2. The molecule has 2 unspecified atom stereocenters. The van der Waals surface area contributed by atoms with Gasteiger partial charge in [0.05, 0.1) is 17.1 Å². The fraction of sp³-hybridized carbons (Fsp3) is 0.143. The molecule has 2 heterocycles. The minimum Gasteiger partial charge on any atom is -0.333 e. The van der Waals surface area contributed by atoms with Crippen molar-refractivity contribution >= 4 is 50.0 Å². The Morgan fingerprint density at radius 2 is 1.43 bits per heavy atom. The fourth-order valence-electron chi connectivity index (χ4n) is 7.76. The van der Waals surface area contributed by atoms with Crippen LogP contribution in [-0.4, -0.2) is 10.6 Å². The molecule has 9 rings (SSSR count). The number of rotatable bonds is 4. The van der Waals surface area contributed by atoms with Gasteiger partial charge in [0, 0.05) is 33.8 Å². The lowest BCUT2D eigenvalue weighted by Crippen LogP contribution is -2.28. The molecule has 0 fully saturated rings. The van der Waals surface area contributed by atoms with Gasteiger partial charge in [-0.15, -0.1) is 0 Å². The zero-order valence-corrected chi connectivity index (χ0v) is 24.7. The van der Waals surface area contributed by atoms with Gasteiger partial charge in [0.1, 0.15) is 0 Å². The summed E-state index contributed by atoms with van der Waals surface area (Å²) < 4.78 is 2.47. The highest BCUT2D eigenvalue weighted by Gasteiger charge is 2.38. The van der Waals surface area contributed by atoms with Gasteiger partial charge in [-0.2, -0.15) is 0 Å². The molecule has 0 spiro atoms. The van der Waals surface area contributed by atoms with Gasteiger partial charge in [-0.1, -0.05) is 103 Å². The normalized spacial score (nSPS) is 20.5. The van der Waals surface area contributed by atoms with E-state index < -0.39 is 0 Å². The van der Waals surface area contributed by atoms with Crippen LogP contribution < -0.4 is 4.90 Å². The van der Waals surface area contributed by atoms with Crippen molar-refractivity contribution in [1.82, 2.24) is 4.57 Å². The van der Waals surface area contributed by atoms with Gasteiger partial charge in [-0.25, -0.2) is 0 Å². The Labute approximate surface area is 258 Å². The van der Waals surface area contributed by atoms with Gasteiger partial charge in [-0.05, 0) is 96.0 Å². The highest BCUT2D eigenvalue weighted by molar-refractivity contribution is 6.11. The number of para-hydroxylation sites is 2. The van der Waals surface area contributed by atoms with E-state index in [4.69, 9.17) is 0 Å². The van der Waals surface area contributed by atoms with E-state index in [0.717, 1.165) is 25.7 Å². The first kappa shape index (κ1) is 25.4. The molecule has 1 aliphatic heterocycles. The summed E-state index contributed by atoms with van der Waals surface area (Å²) in [6.07, 6.45) is 25.1. The van der Waals surface area contributed by atoms with Crippen molar-refractivity contribution in [2.45, 2.75) is 37.6 Å². The third-order valence-electron chi connectivity index (χ3n) is 9.87. The van der Waals surface area contributed by atoms with E-state index in [9.17, 15) is 0 Å². The minimum atomic E-state index is 0.260. The molecular formula is C42H34N2. The summed E-state index contributed by atoms with van der Waals surface area (Å²) in [5.74, 6) is 0.299. The van der Waals surface area contributed by atoms with Gasteiger partial charge in [0.25, 0.3) is 0 Å². The van der Waals surface area contributed by atoms with Crippen LogP contribution in [0.5, 0.6) is 0 Å². The van der Waals surface area contributed by atoms with E-state index in [0.29, 0.717) is 5.92 Å². The van der Waals surface area contributed by atoms with Crippen molar-refractivity contribution in [2.75, 3.05) is 4.90 Å². The quantitative estimate of drug-likeness (QED) is 0.210. The Morgan fingerprint density at radius 1 is 0.659 bits per heavy atom. The van der Waals surface area contributed by atoms with Crippen LogP contribution in [0.3, 0.4) is 0 Å². The first-order valence-corrected chi connectivity index (χ1v) is 16.0. The molecule has 0 N–H and O–H groups in total. The van der Waals surface area contributed by atoms with Gasteiger partial charge >= 0.3 is 0 Å². The van der Waals surface area contributed by atoms with Crippen LogP contribution in [0, 0.1) is 0 Å². The molecule has 4 aromatic carbocycles. The van der Waals surface area contributed by atoms with Crippen LogP contribution in [0.4, 0.5) is 11.4 Å². The van der Waals surface area contributed by atoms with Gasteiger partial charge < -0.3 is 9.47 Å². The Hall–Kier alpha value is -5.08. The molecule has 3 aliphatic carbocycles. The summed E-state index contributed by atoms with van der Waals surface area (Å²) in [7, 11) is 0. The first-order chi connectivity index (χ1) is 21.8. The first-order valence-electron chi connectivity index (χ1n) is 16.0. The summed E-state index contributed by atoms with van der Waals surface area (Å²) >= 11 is 0. The number of hydrogen-bond donors (Lipinski definition) is 0. The second-order valence-electron chi connectivity index (χ2n) is 12.3. The molecule has 2 nitrogen and oxygen atoms in total. The van der Waals surface area contributed by atoms with Crippen LogP contribution in [-0.2, 0) is 0 Å². The predicted molar refractivity (Wildman–Crippen MR) is 187 cm³/mol. The lowest BCUT2D eigenvalue weighted by Gasteiger charge is -2.30. The Bertz CT molecular complexity index is 2130. The Morgan fingerprint density at radius 3 is 2.27 bits per heavy atom. The maximum atomic E-state index is 2.53. The minimum absolute atomic E-state index is 0.260. The van der Waals surface area contributed by atoms with Crippen molar-refractivity contribution in [3.8, 4) is 0 Å². The lowest BCUT2D eigenvalue weighted by molar-refractivity contribution is 0.747. The maximum Gasteiger partial charge on any atom is 0.0630 e. The summed E-state index contributed by atoms with van der Waals surface area (Å²) in [4.78, 5) is 2.53. The maximum absolute atomic E-state index is 2.53. The average molecular weight is 567 g/mol. The summed E-state index contributed by atoms with van der Waals surface area (Å²) in [6, 6.07) is 34.4. The van der Waals surface area contributed by atoms with E-state index in [1.54, 1.807) is 0 Å². The molecule has 0 saturated heterocycles. The molecule has 0 saturated carbocycles. The number of anilines is 2. The lowest BCUT2D eigenvalue weighted by atomic mass is 9.86. The van der Waals surface area contributed by atoms with Crippen molar-refractivity contribution in [1.29, 1.82) is 0 Å². The van der Waals surface area contributed by atoms with Crippen LogP contribution >= 0.6 is 0 Å². The van der Waals surface area contributed by atoms with Crippen LogP contribution in [0.15, 0.2) is 146 Å². The monoisotopic (exact) mass is 566 g/mol. The molecular weight excluding hydrogens is 532 g/mol. The van der Waals surface area contributed by atoms with Crippen molar-refractivity contribution < 1.29 is 0 Å².